The average Bonchev–Trinajstić information content (AvgIpc) is 2.76. The summed E-state index contributed by atoms with van der Waals surface area (Å²) in [6.45, 7) is 6.63. The molecule has 7 nitrogen and oxygen atoms in total. The zero-order valence-corrected chi connectivity index (χ0v) is 16.8. The Balaban J connectivity index is 1.48. The van der Waals surface area contributed by atoms with Crippen LogP contribution in [0.15, 0.2) is 47.7 Å². The van der Waals surface area contributed by atoms with E-state index in [0.717, 1.165) is 35.7 Å². The summed E-state index contributed by atoms with van der Waals surface area (Å²) in [7, 11) is 0. The third-order valence-electron chi connectivity index (χ3n) is 5.41. The van der Waals surface area contributed by atoms with E-state index in [2.05, 4.69) is 15.0 Å². The predicted octanol–water partition coefficient (Wildman–Crippen LogP) is 2.53. The number of hydrogen-bond acceptors (Lipinski definition) is 5. The van der Waals surface area contributed by atoms with Crippen LogP contribution in [-0.2, 0) is 9.59 Å². The van der Waals surface area contributed by atoms with E-state index < -0.39 is 0 Å². The van der Waals surface area contributed by atoms with Gasteiger partial charge in [0.2, 0.25) is 5.91 Å². The van der Waals surface area contributed by atoms with Crippen LogP contribution in [0.3, 0.4) is 0 Å². The summed E-state index contributed by atoms with van der Waals surface area (Å²) in [6.07, 6.45) is 2.47. The van der Waals surface area contributed by atoms with Crippen LogP contribution in [0.5, 0.6) is 0 Å². The number of pyridine rings is 1. The predicted molar refractivity (Wildman–Crippen MR) is 113 cm³/mol. The van der Waals surface area contributed by atoms with Gasteiger partial charge in [-0.3, -0.25) is 9.59 Å². The van der Waals surface area contributed by atoms with Gasteiger partial charge < -0.3 is 9.80 Å². The van der Waals surface area contributed by atoms with Crippen LogP contribution in [0, 0.1) is 13.8 Å². The lowest BCUT2D eigenvalue weighted by atomic mass is 10.1. The van der Waals surface area contributed by atoms with Crippen molar-refractivity contribution in [2.24, 2.45) is 5.10 Å². The maximum Gasteiger partial charge on any atom is 0.270 e. The zero-order valence-electron chi connectivity index (χ0n) is 16.8. The van der Waals surface area contributed by atoms with Crippen molar-refractivity contribution < 1.29 is 9.59 Å². The minimum Gasteiger partial charge on any atom is -0.353 e. The van der Waals surface area contributed by atoms with Crippen LogP contribution >= 0.6 is 0 Å². The lowest BCUT2D eigenvalue weighted by Crippen LogP contribution is -2.51. The van der Waals surface area contributed by atoms with Crippen molar-refractivity contribution in [2.45, 2.75) is 26.7 Å². The van der Waals surface area contributed by atoms with Crippen molar-refractivity contribution in [3.8, 4) is 0 Å². The van der Waals surface area contributed by atoms with Gasteiger partial charge in [0.1, 0.15) is 11.5 Å². The zero-order chi connectivity index (χ0) is 20.4. The minimum atomic E-state index is -0.0755. The molecule has 2 aromatic rings. The molecule has 2 aliphatic rings. The van der Waals surface area contributed by atoms with E-state index in [1.165, 1.54) is 5.01 Å². The topological polar surface area (TPSA) is 69.1 Å². The van der Waals surface area contributed by atoms with Crippen molar-refractivity contribution in [3.05, 3.63) is 53.7 Å². The molecule has 0 unspecified atom stereocenters. The largest absolute Gasteiger partial charge is 0.353 e. The van der Waals surface area contributed by atoms with E-state index in [4.69, 9.17) is 0 Å². The van der Waals surface area contributed by atoms with Crippen molar-refractivity contribution in [3.63, 3.8) is 0 Å². The highest BCUT2D eigenvalue weighted by atomic mass is 16.2. The van der Waals surface area contributed by atoms with Gasteiger partial charge in [0, 0.05) is 45.2 Å². The number of anilines is 2. The Bertz CT molecular complexity index is 949. The first-order valence-corrected chi connectivity index (χ1v) is 9.96. The number of carbonyl (C=O) groups is 2. The van der Waals surface area contributed by atoms with Crippen molar-refractivity contribution >= 4 is 29.0 Å². The fourth-order valence-corrected chi connectivity index (χ4v) is 3.71. The van der Waals surface area contributed by atoms with Gasteiger partial charge in [0.05, 0.1) is 5.69 Å². The number of amides is 2. The van der Waals surface area contributed by atoms with Gasteiger partial charge in [-0.2, -0.15) is 5.10 Å². The Morgan fingerprint density at radius 3 is 2.52 bits per heavy atom. The maximum atomic E-state index is 13.1. The molecule has 0 N–H and O–H groups in total. The van der Waals surface area contributed by atoms with Crippen LogP contribution in [0.25, 0.3) is 0 Å². The molecule has 0 radical (unpaired) electrons. The molecule has 0 atom stereocenters. The van der Waals surface area contributed by atoms with Crippen LogP contribution < -0.4 is 9.91 Å². The first-order chi connectivity index (χ1) is 14.0. The molecule has 0 spiro atoms. The first kappa shape index (κ1) is 19.1. The van der Waals surface area contributed by atoms with Gasteiger partial charge in [0.15, 0.2) is 0 Å². The number of carbonyl (C=O) groups excluding carboxylic acids is 2. The van der Waals surface area contributed by atoms with E-state index in [-0.39, 0.29) is 11.8 Å². The Kier molecular flexibility index (Phi) is 5.29. The molecule has 2 aliphatic heterocycles. The molecule has 1 aromatic heterocycles. The summed E-state index contributed by atoms with van der Waals surface area (Å²) in [5.74, 6) is 0.782. The molecular weight excluding hydrogens is 366 g/mol. The summed E-state index contributed by atoms with van der Waals surface area (Å²) < 4.78 is 0. The number of aryl methyl sites for hydroxylation is 2. The molecule has 1 aromatic carbocycles. The van der Waals surface area contributed by atoms with Crippen molar-refractivity contribution in [2.75, 3.05) is 36.1 Å². The SMILES string of the molecule is Cc1ccc(C)c(N2N=C(C(=O)N3CCN(c4ccccn4)CC3)CCC2=O)c1. The van der Waals surface area contributed by atoms with Crippen LogP contribution in [-0.4, -0.2) is 53.6 Å². The highest BCUT2D eigenvalue weighted by Crippen LogP contribution is 2.26. The second-order valence-electron chi connectivity index (χ2n) is 7.51. The fraction of sp³-hybridized carbons (Fsp3) is 0.364. The van der Waals surface area contributed by atoms with Gasteiger partial charge in [-0.15, -0.1) is 0 Å². The summed E-state index contributed by atoms with van der Waals surface area (Å²) in [5, 5.41) is 5.88. The Hall–Kier alpha value is -3.22. The molecule has 0 bridgehead atoms. The molecule has 1 fully saturated rings. The van der Waals surface area contributed by atoms with Gasteiger partial charge in [-0.05, 0) is 43.2 Å². The minimum absolute atomic E-state index is 0.0739. The fourth-order valence-electron chi connectivity index (χ4n) is 3.71. The van der Waals surface area contributed by atoms with Crippen LogP contribution in [0.4, 0.5) is 11.5 Å². The van der Waals surface area contributed by atoms with Gasteiger partial charge >= 0.3 is 0 Å². The molecule has 0 aliphatic carbocycles. The number of benzene rings is 1. The standard InChI is InChI=1S/C22H25N5O2/c1-16-6-7-17(2)19(15-16)27-21(28)9-8-18(24-27)22(29)26-13-11-25(12-14-26)20-5-3-4-10-23-20/h3-7,10,15H,8-9,11-14H2,1-2H3. The quantitative estimate of drug-likeness (QED) is 0.806. The Morgan fingerprint density at radius 1 is 1.00 bits per heavy atom. The second-order valence-corrected chi connectivity index (χ2v) is 7.51. The molecule has 150 valence electrons. The Morgan fingerprint density at radius 2 is 1.79 bits per heavy atom. The molecule has 3 heterocycles. The van der Waals surface area contributed by atoms with Gasteiger partial charge in [-0.1, -0.05) is 18.2 Å². The van der Waals surface area contributed by atoms with Crippen LogP contribution in [0.2, 0.25) is 0 Å². The highest BCUT2D eigenvalue weighted by Gasteiger charge is 2.30. The van der Waals surface area contributed by atoms with E-state index >= 15 is 0 Å². The summed E-state index contributed by atoms with van der Waals surface area (Å²) in [5.41, 5.74) is 3.22. The lowest BCUT2D eigenvalue weighted by Gasteiger charge is -2.36. The van der Waals surface area contributed by atoms with Gasteiger partial charge in [0.25, 0.3) is 5.91 Å². The van der Waals surface area contributed by atoms with E-state index in [9.17, 15) is 9.59 Å². The monoisotopic (exact) mass is 391 g/mol. The summed E-state index contributed by atoms with van der Waals surface area (Å²) in [6, 6.07) is 11.8. The van der Waals surface area contributed by atoms with Crippen LogP contribution in [0.1, 0.15) is 24.0 Å². The molecule has 29 heavy (non-hydrogen) atoms. The smallest absolute Gasteiger partial charge is 0.270 e. The number of piperazine rings is 1. The lowest BCUT2D eigenvalue weighted by molar-refractivity contribution is -0.124. The van der Waals surface area contributed by atoms with Crippen molar-refractivity contribution in [1.29, 1.82) is 0 Å². The highest BCUT2D eigenvalue weighted by molar-refractivity contribution is 6.40. The third kappa shape index (κ3) is 3.99. The second kappa shape index (κ2) is 8.03. The number of hydrogen-bond donors (Lipinski definition) is 0. The van der Waals surface area contributed by atoms with Crippen molar-refractivity contribution in [1.82, 2.24) is 9.88 Å². The third-order valence-corrected chi connectivity index (χ3v) is 5.41. The normalized spacial score (nSPS) is 17.4. The summed E-state index contributed by atoms with van der Waals surface area (Å²) >= 11 is 0. The molecule has 2 amide bonds. The van der Waals surface area contributed by atoms with E-state index in [1.807, 2.05) is 55.1 Å². The first-order valence-electron chi connectivity index (χ1n) is 9.96. The maximum absolute atomic E-state index is 13.1. The molecule has 4 rings (SSSR count). The number of rotatable bonds is 3. The molecule has 7 heteroatoms. The number of aromatic nitrogens is 1. The van der Waals surface area contributed by atoms with Gasteiger partial charge in [-0.25, -0.2) is 9.99 Å². The number of nitrogens with zero attached hydrogens (tertiary/aromatic N) is 5. The van der Waals surface area contributed by atoms with E-state index in [0.29, 0.717) is 31.6 Å². The molecular formula is C22H25N5O2. The molecule has 0 saturated carbocycles. The van der Waals surface area contributed by atoms with E-state index in [1.54, 1.807) is 6.20 Å². The Labute approximate surface area is 170 Å². The number of hydrazone groups is 1. The summed E-state index contributed by atoms with van der Waals surface area (Å²) in [4.78, 5) is 33.9. The average molecular weight is 391 g/mol. The molecule has 1 saturated heterocycles.